The molecule has 0 aliphatic carbocycles. The quantitative estimate of drug-likeness (QED) is 0.590. The fraction of sp³-hybridized carbons (Fsp3) is 0.200. The number of carboxylic acid groups (broad SMARTS) is 1. The van der Waals surface area contributed by atoms with Gasteiger partial charge in [-0.2, -0.15) is 0 Å². The topological polar surface area (TPSA) is 92.8 Å². The van der Waals surface area contributed by atoms with E-state index in [0.29, 0.717) is 11.3 Å². The maximum Gasteiger partial charge on any atom is 0.330 e. The van der Waals surface area contributed by atoms with E-state index in [-0.39, 0.29) is 12.2 Å². The molecule has 0 bridgehead atoms. The summed E-state index contributed by atoms with van der Waals surface area (Å²) in [5, 5.41) is 8.69. The number of ketones is 1. The fourth-order valence-corrected chi connectivity index (χ4v) is 1.37. The molecule has 3 N–H and O–H groups in total. The molecule has 6 heteroatoms. The first-order valence-corrected chi connectivity index (χ1v) is 4.85. The maximum absolute atomic E-state index is 11.7. The van der Waals surface area contributed by atoms with Crippen molar-refractivity contribution in [3.8, 4) is 0 Å². The number of carboxylic acids is 1. The summed E-state index contributed by atoms with van der Waals surface area (Å²) in [4.78, 5) is 22.3. The van der Waals surface area contributed by atoms with Crippen LogP contribution in [0.2, 0.25) is 0 Å². The van der Waals surface area contributed by atoms with Crippen molar-refractivity contribution in [3.05, 3.63) is 29.8 Å². The van der Waals surface area contributed by atoms with Crippen molar-refractivity contribution in [2.75, 3.05) is 5.73 Å². The number of anilines is 1. The molecule has 0 heterocycles. The highest BCUT2D eigenvalue weighted by Crippen LogP contribution is 2.14. The van der Waals surface area contributed by atoms with E-state index in [4.69, 9.17) is 10.8 Å². The second kappa shape index (κ2) is 5.32. The Morgan fingerprint density at radius 3 is 2.56 bits per heavy atom. The summed E-state index contributed by atoms with van der Waals surface area (Å²) in [6, 6.07) is 5.28. The predicted octanol–water partition coefficient (Wildman–Crippen LogP) is 1.03. The first kappa shape index (κ1) is 12.3. The molecule has 5 nitrogen and oxygen atoms in total. The average Bonchev–Trinajstić information content (AvgIpc) is 2.25. The molecular weight excluding hydrogens is 228 g/mol. The van der Waals surface area contributed by atoms with Gasteiger partial charge in [0.15, 0.2) is 11.8 Å². The van der Waals surface area contributed by atoms with Gasteiger partial charge in [0.25, 0.3) is 0 Å². The van der Waals surface area contributed by atoms with Gasteiger partial charge in [-0.15, -0.1) is 0 Å². The maximum atomic E-state index is 11.7. The molecule has 1 aromatic rings. The van der Waals surface area contributed by atoms with Gasteiger partial charge in [0.2, 0.25) is 0 Å². The van der Waals surface area contributed by atoms with Crippen LogP contribution >= 0.6 is 0 Å². The number of aliphatic carboxylic acids is 1. The van der Waals surface area contributed by atoms with Crippen LogP contribution in [0.1, 0.15) is 16.8 Å². The van der Waals surface area contributed by atoms with Crippen LogP contribution in [-0.2, 0) is 17.2 Å². The Morgan fingerprint density at radius 1 is 1.44 bits per heavy atom. The van der Waals surface area contributed by atoms with Crippen LogP contribution in [0.15, 0.2) is 28.6 Å². The zero-order valence-corrected chi connectivity index (χ0v) is 9.11. The molecule has 0 aliphatic rings. The second-order valence-corrected chi connectivity index (χ2v) is 3.38. The van der Waals surface area contributed by atoms with Crippen molar-refractivity contribution in [2.45, 2.75) is 12.5 Å². The number of carbonyl (C=O) groups is 2. The van der Waals surface area contributed by atoms with Crippen LogP contribution in [0, 0.1) is 0 Å². The number of nitrogen functional groups attached to an aromatic ring is 1. The van der Waals surface area contributed by atoms with Crippen LogP contribution in [0.5, 0.6) is 0 Å². The Morgan fingerprint density at radius 2 is 2.06 bits per heavy atom. The summed E-state index contributed by atoms with van der Waals surface area (Å²) in [7, 11) is 0. The minimum Gasteiger partial charge on any atom is -0.480 e. The molecule has 0 aromatic heterocycles. The summed E-state index contributed by atoms with van der Waals surface area (Å²) >= 11 is 4.31. The van der Waals surface area contributed by atoms with E-state index in [2.05, 4.69) is 16.8 Å². The minimum absolute atomic E-state index is 0.271. The normalized spacial score (nSPS) is 11.8. The highest BCUT2D eigenvalue weighted by Gasteiger charge is 2.21. The Balaban J connectivity index is 2.84. The van der Waals surface area contributed by atoms with Gasteiger partial charge in [0, 0.05) is 30.1 Å². The Hall–Kier alpha value is -1.82. The summed E-state index contributed by atoms with van der Waals surface area (Å²) in [6.45, 7) is 0. The lowest BCUT2D eigenvalue weighted by Crippen LogP contribution is -2.21. The average molecular weight is 238 g/mol. The summed E-state index contributed by atoms with van der Waals surface area (Å²) in [5.41, 5.74) is 6.21. The van der Waals surface area contributed by atoms with E-state index in [9.17, 15) is 9.59 Å². The lowest BCUT2D eigenvalue weighted by atomic mass is 10.0. The molecular formula is C10H10N2O3S. The number of carbonyl (C=O) groups excluding carboxylic acids is 1. The molecule has 0 aliphatic heterocycles. The zero-order valence-electron chi connectivity index (χ0n) is 8.29. The first-order chi connectivity index (χ1) is 7.56. The smallest absolute Gasteiger partial charge is 0.330 e. The van der Waals surface area contributed by atoms with Gasteiger partial charge in [-0.25, -0.2) is 9.16 Å². The minimum atomic E-state index is -1.21. The molecule has 0 unspecified atom stereocenters. The highest BCUT2D eigenvalue weighted by molar-refractivity contribution is 7.47. The van der Waals surface area contributed by atoms with Gasteiger partial charge < -0.3 is 10.8 Å². The number of Topliss-reactive ketones (excluding diaryl/α,β-unsaturated/α-hetero) is 1. The van der Waals surface area contributed by atoms with Crippen LogP contribution < -0.4 is 5.73 Å². The molecule has 1 rings (SSSR count). The molecule has 0 spiro atoms. The van der Waals surface area contributed by atoms with Crippen LogP contribution in [-0.4, -0.2) is 22.9 Å². The van der Waals surface area contributed by atoms with Crippen molar-refractivity contribution >= 4 is 29.9 Å². The van der Waals surface area contributed by atoms with E-state index < -0.39 is 12.0 Å². The number of hydrogen-bond acceptors (Lipinski definition) is 5. The van der Waals surface area contributed by atoms with E-state index in [1.54, 1.807) is 24.3 Å². The van der Waals surface area contributed by atoms with Gasteiger partial charge in [0.1, 0.15) is 0 Å². The number of nitrogens with zero attached hydrogens (tertiary/aromatic N) is 1. The van der Waals surface area contributed by atoms with Gasteiger partial charge in [0.05, 0.1) is 0 Å². The fourth-order valence-electron chi connectivity index (χ4n) is 1.21. The van der Waals surface area contributed by atoms with Crippen molar-refractivity contribution in [1.82, 2.24) is 0 Å². The third kappa shape index (κ3) is 2.83. The number of para-hydroxylation sites is 1. The first-order valence-electron chi connectivity index (χ1n) is 4.49. The lowest BCUT2D eigenvalue weighted by Gasteiger charge is -2.06. The highest BCUT2D eigenvalue weighted by atomic mass is 32.1. The standard InChI is InChI=1S/C10H10N2O3S/c11-7-4-2-1-3-6(7)9(13)5-8(12-16)10(14)15/h1-4,8H,5,11H2,(H,14,15)/t8-/m0/s1. The molecule has 0 saturated carbocycles. The lowest BCUT2D eigenvalue weighted by molar-refractivity contribution is -0.138. The summed E-state index contributed by atoms with van der Waals surface area (Å²) in [5.74, 6) is -1.59. The van der Waals surface area contributed by atoms with Crippen molar-refractivity contribution < 1.29 is 14.7 Å². The Labute approximate surface area is 97.4 Å². The molecule has 0 fully saturated rings. The van der Waals surface area contributed by atoms with Crippen LogP contribution in [0.3, 0.4) is 0 Å². The SMILES string of the molecule is Nc1ccccc1C(=O)C[C@H](N=S)C(=O)O. The molecule has 0 radical (unpaired) electrons. The van der Waals surface area contributed by atoms with E-state index in [0.717, 1.165) is 0 Å². The number of nitrogens with two attached hydrogens (primary N) is 1. The molecule has 1 aromatic carbocycles. The van der Waals surface area contributed by atoms with Crippen LogP contribution in [0.4, 0.5) is 5.69 Å². The largest absolute Gasteiger partial charge is 0.480 e. The number of benzene rings is 1. The van der Waals surface area contributed by atoms with Crippen molar-refractivity contribution in [3.63, 3.8) is 0 Å². The second-order valence-electron chi connectivity index (χ2n) is 3.17. The molecule has 0 saturated heterocycles. The monoisotopic (exact) mass is 238 g/mol. The van der Waals surface area contributed by atoms with E-state index in [1.807, 2.05) is 0 Å². The third-order valence-corrected chi connectivity index (χ3v) is 2.31. The molecule has 1 atom stereocenters. The zero-order chi connectivity index (χ0) is 12.1. The Kier molecular flexibility index (Phi) is 4.07. The van der Waals surface area contributed by atoms with Gasteiger partial charge in [-0.05, 0) is 12.1 Å². The molecule has 16 heavy (non-hydrogen) atoms. The number of rotatable bonds is 5. The van der Waals surface area contributed by atoms with Gasteiger partial charge in [-0.1, -0.05) is 12.1 Å². The van der Waals surface area contributed by atoms with E-state index in [1.165, 1.54) is 0 Å². The summed E-state index contributed by atoms with van der Waals surface area (Å²) < 4.78 is 3.20. The Bertz CT molecular complexity index is 434. The summed E-state index contributed by atoms with van der Waals surface area (Å²) in [6.07, 6.45) is -0.271. The molecule has 84 valence electrons. The predicted molar refractivity (Wildman–Crippen MR) is 61.0 cm³/mol. The van der Waals surface area contributed by atoms with Gasteiger partial charge in [-0.3, -0.25) is 4.79 Å². The van der Waals surface area contributed by atoms with Crippen LogP contribution in [0.25, 0.3) is 0 Å². The van der Waals surface area contributed by atoms with E-state index >= 15 is 0 Å². The third-order valence-electron chi connectivity index (χ3n) is 2.05. The van der Waals surface area contributed by atoms with Crippen molar-refractivity contribution in [2.24, 2.45) is 4.36 Å². The van der Waals surface area contributed by atoms with Crippen molar-refractivity contribution in [1.29, 1.82) is 0 Å². The molecule has 0 amide bonds. The number of hydrogen-bond donors (Lipinski definition) is 2. The van der Waals surface area contributed by atoms with Gasteiger partial charge >= 0.3 is 5.97 Å².